The molecule has 0 aliphatic heterocycles. The lowest BCUT2D eigenvalue weighted by Crippen LogP contribution is -2.42. The molecule has 4 nitrogen and oxygen atoms in total. The van der Waals surface area contributed by atoms with Crippen molar-refractivity contribution < 1.29 is 9.90 Å². The molecule has 1 aliphatic carbocycles. The summed E-state index contributed by atoms with van der Waals surface area (Å²) in [5, 5.41) is 13.0. The first kappa shape index (κ1) is 14.0. The number of hydrogen-bond donors (Lipinski definition) is 2. The van der Waals surface area contributed by atoms with E-state index in [0.717, 1.165) is 43.5 Å². The number of nitrogens with one attached hydrogen (secondary N) is 1. The van der Waals surface area contributed by atoms with Crippen molar-refractivity contribution in [3.8, 4) is 0 Å². The molecule has 1 aliphatic rings. The summed E-state index contributed by atoms with van der Waals surface area (Å²) in [4.78, 5) is 16.5. The summed E-state index contributed by atoms with van der Waals surface area (Å²) in [6, 6.07) is 3.51. The van der Waals surface area contributed by atoms with Crippen LogP contribution in [-0.2, 0) is 0 Å². The van der Waals surface area contributed by atoms with E-state index in [2.05, 4.69) is 10.3 Å². The van der Waals surface area contributed by atoms with Crippen molar-refractivity contribution in [3.05, 3.63) is 29.1 Å². The molecular weight excluding hydrogens is 240 g/mol. The standard InChI is InChI=1S/C15H22N2O2/c1-10-8-9-12(11(2)16-10)15(19)17-13-6-4-3-5-7-14(13)18/h8-9,13-14,18H,3-7H2,1-2H3,(H,17,19). The number of aliphatic hydroxyl groups is 1. The molecule has 0 radical (unpaired) electrons. The first-order valence-corrected chi connectivity index (χ1v) is 7.01. The van der Waals surface area contributed by atoms with Crippen molar-refractivity contribution >= 4 is 5.91 Å². The highest BCUT2D eigenvalue weighted by Gasteiger charge is 2.24. The molecule has 1 fully saturated rings. The van der Waals surface area contributed by atoms with Gasteiger partial charge in [0.1, 0.15) is 0 Å². The van der Waals surface area contributed by atoms with E-state index in [1.54, 1.807) is 6.07 Å². The maximum Gasteiger partial charge on any atom is 0.253 e. The van der Waals surface area contributed by atoms with Gasteiger partial charge in [0.15, 0.2) is 0 Å². The van der Waals surface area contributed by atoms with E-state index >= 15 is 0 Å². The molecule has 0 saturated heterocycles. The molecule has 2 rings (SSSR count). The summed E-state index contributed by atoms with van der Waals surface area (Å²) in [5.74, 6) is -0.129. The third kappa shape index (κ3) is 3.53. The fraction of sp³-hybridized carbons (Fsp3) is 0.600. The predicted molar refractivity (Wildman–Crippen MR) is 74.1 cm³/mol. The van der Waals surface area contributed by atoms with E-state index in [1.807, 2.05) is 19.9 Å². The van der Waals surface area contributed by atoms with Gasteiger partial charge in [-0.1, -0.05) is 19.3 Å². The Balaban J connectivity index is 2.07. The first-order valence-electron chi connectivity index (χ1n) is 7.01. The van der Waals surface area contributed by atoms with Crippen LogP contribution in [0, 0.1) is 13.8 Å². The van der Waals surface area contributed by atoms with Crippen LogP contribution in [-0.4, -0.2) is 28.1 Å². The summed E-state index contributed by atoms with van der Waals surface area (Å²) >= 11 is 0. The summed E-state index contributed by atoms with van der Waals surface area (Å²) in [6.07, 6.45) is 4.44. The number of nitrogens with zero attached hydrogens (tertiary/aromatic N) is 1. The third-order valence-electron chi connectivity index (χ3n) is 3.77. The van der Waals surface area contributed by atoms with Crippen LogP contribution in [0.2, 0.25) is 0 Å². The zero-order valence-electron chi connectivity index (χ0n) is 11.6. The smallest absolute Gasteiger partial charge is 0.253 e. The van der Waals surface area contributed by atoms with Gasteiger partial charge in [-0.15, -0.1) is 0 Å². The Kier molecular flexibility index (Phi) is 4.53. The molecule has 1 saturated carbocycles. The maximum atomic E-state index is 12.2. The highest BCUT2D eigenvalue weighted by molar-refractivity contribution is 5.95. The third-order valence-corrected chi connectivity index (χ3v) is 3.77. The van der Waals surface area contributed by atoms with Crippen LogP contribution in [0.3, 0.4) is 0 Å². The van der Waals surface area contributed by atoms with Gasteiger partial charge >= 0.3 is 0 Å². The average Bonchev–Trinajstić information content (AvgIpc) is 2.55. The van der Waals surface area contributed by atoms with Crippen molar-refractivity contribution in [1.82, 2.24) is 10.3 Å². The van der Waals surface area contributed by atoms with Crippen molar-refractivity contribution in [2.75, 3.05) is 0 Å². The van der Waals surface area contributed by atoms with Crippen LogP contribution < -0.4 is 5.32 Å². The fourth-order valence-electron chi connectivity index (χ4n) is 2.63. The molecule has 1 heterocycles. The van der Waals surface area contributed by atoms with Gasteiger partial charge in [0.25, 0.3) is 5.91 Å². The number of aliphatic hydroxyl groups excluding tert-OH is 1. The molecule has 0 bridgehead atoms. The highest BCUT2D eigenvalue weighted by Crippen LogP contribution is 2.18. The summed E-state index contributed by atoms with van der Waals surface area (Å²) in [5.41, 5.74) is 2.24. The van der Waals surface area contributed by atoms with Gasteiger partial charge < -0.3 is 10.4 Å². The predicted octanol–water partition coefficient (Wildman–Crippen LogP) is 2.12. The topological polar surface area (TPSA) is 62.2 Å². The second kappa shape index (κ2) is 6.15. The molecule has 2 N–H and O–H groups in total. The summed E-state index contributed by atoms with van der Waals surface area (Å²) in [6.45, 7) is 3.75. The van der Waals surface area contributed by atoms with E-state index in [1.165, 1.54) is 0 Å². The minimum absolute atomic E-state index is 0.129. The van der Waals surface area contributed by atoms with Gasteiger partial charge in [0, 0.05) is 5.69 Å². The van der Waals surface area contributed by atoms with Gasteiger partial charge in [0.2, 0.25) is 0 Å². The van der Waals surface area contributed by atoms with E-state index in [-0.39, 0.29) is 11.9 Å². The Bertz CT molecular complexity index is 459. The molecule has 0 spiro atoms. The Labute approximate surface area is 114 Å². The minimum Gasteiger partial charge on any atom is -0.391 e. The number of carbonyl (C=O) groups is 1. The quantitative estimate of drug-likeness (QED) is 0.803. The molecule has 0 aromatic carbocycles. The number of hydrogen-bond acceptors (Lipinski definition) is 3. The molecule has 1 aromatic rings. The molecule has 104 valence electrons. The second-order valence-electron chi connectivity index (χ2n) is 5.37. The Morgan fingerprint density at radius 1 is 1.26 bits per heavy atom. The highest BCUT2D eigenvalue weighted by atomic mass is 16.3. The van der Waals surface area contributed by atoms with Crippen molar-refractivity contribution in [2.45, 2.75) is 58.1 Å². The van der Waals surface area contributed by atoms with Gasteiger partial charge in [0.05, 0.1) is 23.4 Å². The number of aromatic nitrogens is 1. The van der Waals surface area contributed by atoms with Crippen LogP contribution in [0.15, 0.2) is 12.1 Å². The lowest BCUT2D eigenvalue weighted by Gasteiger charge is -2.22. The van der Waals surface area contributed by atoms with E-state index in [0.29, 0.717) is 5.56 Å². The van der Waals surface area contributed by atoms with Crippen LogP contribution in [0.4, 0.5) is 0 Å². The van der Waals surface area contributed by atoms with Crippen molar-refractivity contribution in [2.24, 2.45) is 0 Å². The van der Waals surface area contributed by atoms with Crippen LogP contribution in [0.1, 0.15) is 53.8 Å². The molecular formula is C15H22N2O2. The fourth-order valence-corrected chi connectivity index (χ4v) is 2.63. The zero-order valence-corrected chi connectivity index (χ0v) is 11.6. The lowest BCUT2D eigenvalue weighted by atomic mass is 10.1. The van der Waals surface area contributed by atoms with E-state index in [9.17, 15) is 9.90 Å². The lowest BCUT2D eigenvalue weighted by molar-refractivity contribution is 0.0818. The van der Waals surface area contributed by atoms with Crippen LogP contribution in [0.5, 0.6) is 0 Å². The van der Waals surface area contributed by atoms with Crippen LogP contribution >= 0.6 is 0 Å². The second-order valence-corrected chi connectivity index (χ2v) is 5.37. The van der Waals surface area contributed by atoms with Gasteiger partial charge in [-0.3, -0.25) is 9.78 Å². The molecule has 2 unspecified atom stereocenters. The van der Waals surface area contributed by atoms with E-state index in [4.69, 9.17) is 0 Å². The normalized spacial score (nSPS) is 23.7. The number of pyridine rings is 1. The Morgan fingerprint density at radius 2 is 2.00 bits per heavy atom. The molecule has 4 heteroatoms. The van der Waals surface area contributed by atoms with Crippen molar-refractivity contribution in [3.63, 3.8) is 0 Å². The Hall–Kier alpha value is -1.42. The van der Waals surface area contributed by atoms with Gasteiger partial charge in [-0.2, -0.15) is 0 Å². The number of rotatable bonds is 2. The molecule has 1 amide bonds. The summed E-state index contributed by atoms with van der Waals surface area (Å²) < 4.78 is 0. The van der Waals surface area contributed by atoms with Crippen LogP contribution in [0.25, 0.3) is 0 Å². The maximum absolute atomic E-state index is 12.2. The molecule has 19 heavy (non-hydrogen) atoms. The SMILES string of the molecule is Cc1ccc(C(=O)NC2CCCCCC2O)c(C)n1. The van der Waals surface area contributed by atoms with Gasteiger partial charge in [-0.05, 0) is 38.8 Å². The van der Waals surface area contributed by atoms with E-state index < -0.39 is 6.10 Å². The largest absolute Gasteiger partial charge is 0.391 e. The monoisotopic (exact) mass is 262 g/mol. The first-order chi connectivity index (χ1) is 9.08. The molecule has 1 aromatic heterocycles. The number of carbonyl (C=O) groups excluding carboxylic acids is 1. The minimum atomic E-state index is -0.426. The number of aryl methyl sites for hydroxylation is 2. The number of amides is 1. The summed E-state index contributed by atoms with van der Waals surface area (Å²) in [7, 11) is 0. The van der Waals surface area contributed by atoms with Crippen molar-refractivity contribution in [1.29, 1.82) is 0 Å². The van der Waals surface area contributed by atoms with Gasteiger partial charge in [-0.25, -0.2) is 0 Å². The average molecular weight is 262 g/mol. The Morgan fingerprint density at radius 3 is 2.74 bits per heavy atom. The molecule has 2 atom stereocenters. The zero-order chi connectivity index (χ0) is 13.8.